The number of rotatable bonds is 1. The summed E-state index contributed by atoms with van der Waals surface area (Å²) in [5.41, 5.74) is 1.22. The normalized spacial score (nSPS) is 25.1. The van der Waals surface area contributed by atoms with Gasteiger partial charge >= 0.3 is 0 Å². The van der Waals surface area contributed by atoms with E-state index in [0.29, 0.717) is 0 Å². The molecule has 1 saturated heterocycles. The highest BCUT2D eigenvalue weighted by Gasteiger charge is 2.27. The van der Waals surface area contributed by atoms with Crippen molar-refractivity contribution in [2.45, 2.75) is 25.5 Å². The van der Waals surface area contributed by atoms with E-state index in [0.717, 1.165) is 23.7 Å². The molecule has 1 aliphatic rings. The summed E-state index contributed by atoms with van der Waals surface area (Å²) in [6.45, 7) is 5.85. The summed E-state index contributed by atoms with van der Waals surface area (Å²) in [5, 5.41) is 4.22. The summed E-state index contributed by atoms with van der Waals surface area (Å²) in [6.07, 6.45) is 0.122. The maximum Gasteiger partial charge on any atom is 0.0950 e. The van der Waals surface area contributed by atoms with E-state index in [1.165, 1.54) is 0 Å². The average molecular weight is 226 g/mol. The van der Waals surface area contributed by atoms with Gasteiger partial charge in [-0.3, -0.25) is 0 Å². The fraction of sp³-hybridized carbons (Fsp3) is 0.500. The molecule has 0 spiro atoms. The summed E-state index contributed by atoms with van der Waals surface area (Å²) in [5.74, 6) is 0. The number of morpholine rings is 1. The van der Waals surface area contributed by atoms with E-state index in [-0.39, 0.29) is 11.6 Å². The van der Waals surface area contributed by atoms with Gasteiger partial charge in [0.1, 0.15) is 0 Å². The molecule has 82 valence electrons. The van der Waals surface area contributed by atoms with Crippen LogP contribution in [-0.4, -0.2) is 18.7 Å². The van der Waals surface area contributed by atoms with Crippen molar-refractivity contribution in [1.29, 1.82) is 0 Å². The van der Waals surface area contributed by atoms with Crippen molar-refractivity contribution in [1.82, 2.24) is 5.32 Å². The van der Waals surface area contributed by atoms with E-state index in [1.54, 1.807) is 0 Å². The molecular weight excluding hydrogens is 210 g/mol. The maximum absolute atomic E-state index is 5.94. The van der Waals surface area contributed by atoms with Crippen molar-refractivity contribution in [2.24, 2.45) is 0 Å². The third-order valence-corrected chi connectivity index (χ3v) is 2.87. The predicted molar refractivity (Wildman–Crippen MR) is 62.2 cm³/mol. The average Bonchev–Trinajstić information content (AvgIpc) is 2.17. The fourth-order valence-corrected chi connectivity index (χ4v) is 1.91. The molecule has 0 amide bonds. The minimum Gasteiger partial charge on any atom is -0.370 e. The first-order valence-corrected chi connectivity index (χ1v) is 5.57. The Balaban J connectivity index is 2.08. The SMILES string of the molecule is CC1(C)CO[C@H](c2cccc(Cl)c2)CN1. The second-order valence-corrected chi connectivity index (χ2v) is 5.06. The van der Waals surface area contributed by atoms with Crippen LogP contribution in [0.25, 0.3) is 0 Å². The highest BCUT2D eigenvalue weighted by atomic mass is 35.5. The lowest BCUT2D eigenvalue weighted by Crippen LogP contribution is -2.50. The van der Waals surface area contributed by atoms with Crippen LogP contribution in [-0.2, 0) is 4.74 Å². The largest absolute Gasteiger partial charge is 0.370 e. The van der Waals surface area contributed by atoms with Crippen molar-refractivity contribution in [3.05, 3.63) is 34.9 Å². The van der Waals surface area contributed by atoms with Crippen LogP contribution in [0.15, 0.2) is 24.3 Å². The Labute approximate surface area is 95.6 Å². The highest BCUT2D eigenvalue weighted by molar-refractivity contribution is 6.30. The molecule has 3 heteroatoms. The van der Waals surface area contributed by atoms with Crippen molar-refractivity contribution in [3.63, 3.8) is 0 Å². The Bertz CT molecular complexity index is 341. The number of benzene rings is 1. The van der Waals surface area contributed by atoms with E-state index in [1.807, 2.05) is 18.2 Å². The van der Waals surface area contributed by atoms with Crippen LogP contribution in [0.4, 0.5) is 0 Å². The number of hydrogen-bond acceptors (Lipinski definition) is 2. The summed E-state index contributed by atoms with van der Waals surface area (Å²) in [7, 11) is 0. The van der Waals surface area contributed by atoms with E-state index in [9.17, 15) is 0 Å². The quantitative estimate of drug-likeness (QED) is 0.794. The Kier molecular flexibility index (Phi) is 3.01. The lowest BCUT2D eigenvalue weighted by molar-refractivity contribution is -0.0228. The van der Waals surface area contributed by atoms with Gasteiger partial charge in [0.15, 0.2) is 0 Å². The van der Waals surface area contributed by atoms with Gasteiger partial charge in [-0.25, -0.2) is 0 Å². The molecule has 0 unspecified atom stereocenters. The van der Waals surface area contributed by atoms with Crippen molar-refractivity contribution in [3.8, 4) is 0 Å². The number of hydrogen-bond donors (Lipinski definition) is 1. The maximum atomic E-state index is 5.94. The van der Waals surface area contributed by atoms with Gasteiger partial charge in [-0.15, -0.1) is 0 Å². The Morgan fingerprint density at radius 2 is 2.27 bits per heavy atom. The van der Waals surface area contributed by atoms with Crippen LogP contribution in [0.5, 0.6) is 0 Å². The van der Waals surface area contributed by atoms with Crippen LogP contribution in [0, 0.1) is 0 Å². The second kappa shape index (κ2) is 4.12. The van der Waals surface area contributed by atoms with E-state index < -0.39 is 0 Å². The standard InChI is InChI=1S/C12H16ClNO/c1-12(2)8-15-11(7-14-12)9-4-3-5-10(13)6-9/h3-6,11,14H,7-8H2,1-2H3/t11-/m0/s1. The third-order valence-electron chi connectivity index (χ3n) is 2.63. The summed E-state index contributed by atoms with van der Waals surface area (Å²) in [4.78, 5) is 0. The number of ether oxygens (including phenoxy) is 1. The number of nitrogens with one attached hydrogen (secondary N) is 1. The molecule has 1 N–H and O–H groups in total. The fourth-order valence-electron chi connectivity index (χ4n) is 1.71. The molecule has 1 aromatic carbocycles. The molecule has 0 radical (unpaired) electrons. The van der Waals surface area contributed by atoms with E-state index in [2.05, 4.69) is 25.2 Å². The molecule has 0 aromatic heterocycles. The van der Waals surface area contributed by atoms with Crippen LogP contribution >= 0.6 is 11.6 Å². The smallest absolute Gasteiger partial charge is 0.0950 e. The zero-order valence-corrected chi connectivity index (χ0v) is 9.84. The van der Waals surface area contributed by atoms with Crippen LogP contribution in [0.2, 0.25) is 5.02 Å². The monoisotopic (exact) mass is 225 g/mol. The van der Waals surface area contributed by atoms with Gasteiger partial charge < -0.3 is 10.1 Å². The van der Waals surface area contributed by atoms with Gasteiger partial charge in [0.25, 0.3) is 0 Å². The van der Waals surface area contributed by atoms with Gasteiger partial charge in [-0.2, -0.15) is 0 Å². The first-order valence-electron chi connectivity index (χ1n) is 5.19. The molecule has 0 saturated carbocycles. The predicted octanol–water partition coefficient (Wildman–Crippen LogP) is 2.78. The molecule has 1 aromatic rings. The summed E-state index contributed by atoms with van der Waals surface area (Å²) >= 11 is 5.94. The lowest BCUT2D eigenvalue weighted by Gasteiger charge is -2.36. The number of halogens is 1. The van der Waals surface area contributed by atoms with Gasteiger partial charge in [-0.1, -0.05) is 23.7 Å². The van der Waals surface area contributed by atoms with Gasteiger partial charge in [0, 0.05) is 17.1 Å². The van der Waals surface area contributed by atoms with Crippen molar-refractivity contribution < 1.29 is 4.74 Å². The molecule has 0 aliphatic carbocycles. The molecule has 15 heavy (non-hydrogen) atoms. The molecule has 1 atom stereocenters. The summed E-state index contributed by atoms with van der Waals surface area (Å²) < 4.78 is 5.81. The molecular formula is C12H16ClNO. The van der Waals surface area contributed by atoms with Crippen molar-refractivity contribution >= 4 is 11.6 Å². The van der Waals surface area contributed by atoms with Gasteiger partial charge in [0.05, 0.1) is 12.7 Å². The zero-order chi connectivity index (χ0) is 10.9. The minimum absolute atomic E-state index is 0.0784. The molecule has 1 fully saturated rings. The van der Waals surface area contributed by atoms with Gasteiger partial charge in [0.2, 0.25) is 0 Å². The minimum atomic E-state index is 0.0784. The summed E-state index contributed by atoms with van der Waals surface area (Å²) in [6, 6.07) is 7.86. The molecule has 1 heterocycles. The highest BCUT2D eigenvalue weighted by Crippen LogP contribution is 2.25. The molecule has 1 aliphatic heterocycles. The Hall–Kier alpha value is -0.570. The van der Waals surface area contributed by atoms with E-state index in [4.69, 9.17) is 16.3 Å². The van der Waals surface area contributed by atoms with Gasteiger partial charge in [-0.05, 0) is 31.5 Å². The van der Waals surface area contributed by atoms with Crippen molar-refractivity contribution in [2.75, 3.05) is 13.2 Å². The first-order chi connectivity index (χ1) is 7.07. The van der Waals surface area contributed by atoms with Crippen LogP contribution in [0.3, 0.4) is 0 Å². The third kappa shape index (κ3) is 2.71. The topological polar surface area (TPSA) is 21.3 Å². The van der Waals surface area contributed by atoms with Crippen LogP contribution in [0.1, 0.15) is 25.5 Å². The Morgan fingerprint density at radius 1 is 1.47 bits per heavy atom. The molecule has 2 rings (SSSR count). The van der Waals surface area contributed by atoms with E-state index >= 15 is 0 Å². The van der Waals surface area contributed by atoms with Crippen LogP contribution < -0.4 is 5.32 Å². The molecule has 2 nitrogen and oxygen atoms in total. The Morgan fingerprint density at radius 3 is 2.87 bits per heavy atom. The lowest BCUT2D eigenvalue weighted by atomic mass is 10.0. The second-order valence-electron chi connectivity index (χ2n) is 4.62. The zero-order valence-electron chi connectivity index (χ0n) is 9.09. The first kappa shape index (κ1) is 10.9. The molecule has 0 bridgehead atoms.